The monoisotopic (exact) mass is 339 g/mol. The van der Waals surface area contributed by atoms with Crippen molar-refractivity contribution < 1.29 is 4.79 Å². The van der Waals surface area contributed by atoms with Crippen LogP contribution in [0.25, 0.3) is 11.1 Å². The van der Waals surface area contributed by atoms with Gasteiger partial charge in [0, 0.05) is 36.0 Å². The van der Waals surface area contributed by atoms with Crippen molar-refractivity contribution in [2.24, 2.45) is 11.7 Å². The molecule has 0 spiro atoms. The summed E-state index contributed by atoms with van der Waals surface area (Å²) in [5.41, 5.74) is 9.50. The Hall–Kier alpha value is -2.21. The summed E-state index contributed by atoms with van der Waals surface area (Å²) in [6, 6.07) is 4.08. The lowest BCUT2D eigenvalue weighted by molar-refractivity contribution is -0.120. The fourth-order valence-electron chi connectivity index (χ4n) is 4.02. The van der Waals surface area contributed by atoms with Gasteiger partial charge in [-0.3, -0.25) is 9.48 Å². The molecule has 0 bridgehead atoms. The molecular formula is C19H25N5O. The van der Waals surface area contributed by atoms with Gasteiger partial charge in [0.2, 0.25) is 5.91 Å². The minimum absolute atomic E-state index is 0.00175. The SMILES string of the molecule is N[C@@H]1CCC[C@H](C(=O)Nc2cc(-c3cnn4c3CCCC4)ccn2)C1. The zero-order valence-electron chi connectivity index (χ0n) is 14.4. The van der Waals surface area contributed by atoms with Crippen LogP contribution in [0.4, 0.5) is 5.82 Å². The number of nitrogens with one attached hydrogen (secondary N) is 1. The molecule has 0 unspecified atom stereocenters. The molecule has 1 saturated carbocycles. The van der Waals surface area contributed by atoms with E-state index in [4.69, 9.17) is 5.73 Å². The second-order valence-electron chi connectivity index (χ2n) is 7.23. The minimum atomic E-state index is -0.00175. The van der Waals surface area contributed by atoms with Crippen molar-refractivity contribution in [3.63, 3.8) is 0 Å². The van der Waals surface area contributed by atoms with Crippen molar-refractivity contribution in [2.45, 2.75) is 57.5 Å². The third-order valence-corrected chi connectivity index (χ3v) is 5.39. The highest BCUT2D eigenvalue weighted by molar-refractivity contribution is 5.92. The zero-order chi connectivity index (χ0) is 17.2. The summed E-state index contributed by atoms with van der Waals surface area (Å²) in [6.45, 7) is 0.992. The summed E-state index contributed by atoms with van der Waals surface area (Å²) in [7, 11) is 0. The largest absolute Gasteiger partial charge is 0.328 e. The number of hydrogen-bond donors (Lipinski definition) is 2. The fourth-order valence-corrected chi connectivity index (χ4v) is 4.02. The van der Waals surface area contributed by atoms with Crippen molar-refractivity contribution in [2.75, 3.05) is 5.32 Å². The van der Waals surface area contributed by atoms with E-state index in [1.54, 1.807) is 6.20 Å². The highest BCUT2D eigenvalue weighted by Gasteiger charge is 2.25. The first-order valence-electron chi connectivity index (χ1n) is 9.28. The van der Waals surface area contributed by atoms with Gasteiger partial charge in [0.15, 0.2) is 0 Å². The molecule has 3 N–H and O–H groups in total. The van der Waals surface area contributed by atoms with Gasteiger partial charge in [-0.25, -0.2) is 4.98 Å². The minimum Gasteiger partial charge on any atom is -0.328 e. The highest BCUT2D eigenvalue weighted by atomic mass is 16.1. The number of carbonyl (C=O) groups is 1. The van der Waals surface area contributed by atoms with E-state index in [0.717, 1.165) is 49.8 Å². The average Bonchev–Trinajstić information content (AvgIpc) is 3.06. The van der Waals surface area contributed by atoms with E-state index in [0.29, 0.717) is 5.82 Å². The number of amides is 1. The number of carbonyl (C=O) groups excluding carboxylic acids is 1. The van der Waals surface area contributed by atoms with Gasteiger partial charge in [-0.15, -0.1) is 0 Å². The van der Waals surface area contributed by atoms with Crippen LogP contribution >= 0.6 is 0 Å². The number of aryl methyl sites for hydroxylation is 1. The van der Waals surface area contributed by atoms with Gasteiger partial charge in [-0.1, -0.05) is 6.42 Å². The van der Waals surface area contributed by atoms with Crippen molar-refractivity contribution >= 4 is 11.7 Å². The van der Waals surface area contributed by atoms with E-state index in [-0.39, 0.29) is 17.9 Å². The molecule has 1 amide bonds. The van der Waals surface area contributed by atoms with Gasteiger partial charge in [0.25, 0.3) is 0 Å². The maximum atomic E-state index is 12.5. The van der Waals surface area contributed by atoms with E-state index in [1.165, 1.54) is 18.5 Å². The lowest BCUT2D eigenvalue weighted by Crippen LogP contribution is -2.34. The molecule has 0 saturated heterocycles. The van der Waals surface area contributed by atoms with Crippen LogP contribution < -0.4 is 11.1 Å². The predicted molar refractivity (Wildman–Crippen MR) is 97.0 cm³/mol. The van der Waals surface area contributed by atoms with Gasteiger partial charge in [-0.05, 0) is 56.2 Å². The van der Waals surface area contributed by atoms with E-state index in [1.807, 2.05) is 18.3 Å². The molecule has 3 heterocycles. The molecule has 1 aliphatic carbocycles. The molecule has 0 aromatic carbocycles. The summed E-state index contributed by atoms with van der Waals surface area (Å²) < 4.78 is 2.10. The molecule has 25 heavy (non-hydrogen) atoms. The van der Waals surface area contributed by atoms with Gasteiger partial charge in [-0.2, -0.15) is 5.10 Å². The Balaban J connectivity index is 1.52. The van der Waals surface area contributed by atoms with E-state index < -0.39 is 0 Å². The predicted octanol–water partition coefficient (Wildman–Crippen LogP) is 2.74. The topological polar surface area (TPSA) is 85.8 Å². The smallest absolute Gasteiger partial charge is 0.228 e. The van der Waals surface area contributed by atoms with Crippen LogP contribution in [0.3, 0.4) is 0 Å². The van der Waals surface area contributed by atoms with Crippen LogP contribution in [-0.4, -0.2) is 26.7 Å². The number of anilines is 1. The number of nitrogens with two attached hydrogens (primary N) is 1. The van der Waals surface area contributed by atoms with E-state index in [2.05, 4.69) is 20.1 Å². The summed E-state index contributed by atoms with van der Waals surface area (Å²) in [6.07, 6.45) is 10.9. The quantitative estimate of drug-likeness (QED) is 0.900. The highest BCUT2D eigenvalue weighted by Crippen LogP contribution is 2.29. The number of aromatic nitrogens is 3. The summed E-state index contributed by atoms with van der Waals surface area (Å²) in [5, 5.41) is 7.48. The van der Waals surface area contributed by atoms with Crippen LogP contribution in [0.2, 0.25) is 0 Å². The third kappa shape index (κ3) is 3.44. The molecule has 0 radical (unpaired) electrons. The second kappa shape index (κ2) is 6.96. The summed E-state index contributed by atoms with van der Waals surface area (Å²) in [5.74, 6) is 0.646. The Morgan fingerprint density at radius 3 is 3.08 bits per heavy atom. The van der Waals surface area contributed by atoms with Crippen molar-refractivity contribution in [1.29, 1.82) is 0 Å². The molecular weight excluding hydrogens is 314 g/mol. The maximum Gasteiger partial charge on any atom is 0.228 e. The number of nitrogens with zero attached hydrogens (tertiary/aromatic N) is 3. The molecule has 2 aromatic rings. The number of rotatable bonds is 3. The zero-order valence-corrected chi connectivity index (χ0v) is 14.4. The first kappa shape index (κ1) is 16.3. The summed E-state index contributed by atoms with van der Waals surface area (Å²) in [4.78, 5) is 16.8. The Morgan fingerprint density at radius 2 is 2.20 bits per heavy atom. The molecule has 6 heteroatoms. The first-order valence-corrected chi connectivity index (χ1v) is 9.28. The van der Waals surface area contributed by atoms with Crippen molar-refractivity contribution in [3.05, 3.63) is 30.2 Å². The second-order valence-corrected chi connectivity index (χ2v) is 7.23. The molecule has 4 rings (SSSR count). The molecule has 1 aliphatic heterocycles. The lowest BCUT2D eigenvalue weighted by atomic mass is 9.85. The van der Waals surface area contributed by atoms with Gasteiger partial charge < -0.3 is 11.1 Å². The molecule has 2 atom stereocenters. The lowest BCUT2D eigenvalue weighted by Gasteiger charge is -2.25. The van der Waals surface area contributed by atoms with Crippen LogP contribution in [0.5, 0.6) is 0 Å². The molecule has 132 valence electrons. The molecule has 6 nitrogen and oxygen atoms in total. The van der Waals surface area contributed by atoms with Gasteiger partial charge >= 0.3 is 0 Å². The van der Waals surface area contributed by atoms with E-state index in [9.17, 15) is 4.79 Å². The summed E-state index contributed by atoms with van der Waals surface area (Å²) >= 11 is 0. The molecule has 2 aromatic heterocycles. The maximum absolute atomic E-state index is 12.5. The normalized spacial score (nSPS) is 23.1. The molecule has 2 aliphatic rings. The fraction of sp³-hybridized carbons (Fsp3) is 0.526. The van der Waals surface area contributed by atoms with Gasteiger partial charge in [0.05, 0.1) is 6.20 Å². The Kier molecular flexibility index (Phi) is 4.53. The van der Waals surface area contributed by atoms with Gasteiger partial charge in [0.1, 0.15) is 5.82 Å². The van der Waals surface area contributed by atoms with E-state index >= 15 is 0 Å². The number of hydrogen-bond acceptors (Lipinski definition) is 4. The average molecular weight is 339 g/mol. The van der Waals surface area contributed by atoms with Crippen molar-refractivity contribution in [3.8, 4) is 11.1 Å². The molecule has 1 fully saturated rings. The van der Waals surface area contributed by atoms with Crippen LogP contribution in [0, 0.1) is 5.92 Å². The number of fused-ring (bicyclic) bond motifs is 1. The number of pyridine rings is 1. The standard InChI is InChI=1S/C19H25N5O/c20-15-5-3-4-14(10-15)19(25)23-18-11-13(7-8-21-18)16-12-22-24-9-2-1-6-17(16)24/h7-8,11-12,14-15H,1-6,9-10,20H2,(H,21,23,25)/t14-,15+/m0/s1. The van der Waals surface area contributed by atoms with Crippen molar-refractivity contribution in [1.82, 2.24) is 14.8 Å². The Labute approximate surface area is 147 Å². The third-order valence-electron chi connectivity index (χ3n) is 5.39. The Bertz CT molecular complexity index is 769. The van der Waals surface area contributed by atoms with Crippen LogP contribution in [0.1, 0.15) is 44.2 Å². The first-order chi connectivity index (χ1) is 12.2. The Morgan fingerprint density at radius 1 is 1.28 bits per heavy atom. The van der Waals surface area contributed by atoms with Crippen LogP contribution in [0.15, 0.2) is 24.5 Å². The van der Waals surface area contributed by atoms with Crippen LogP contribution in [-0.2, 0) is 17.8 Å².